The molecule has 19 heavy (non-hydrogen) atoms. The van der Waals surface area contributed by atoms with Gasteiger partial charge in [0.25, 0.3) is 0 Å². The highest BCUT2D eigenvalue weighted by atomic mass is 35.5. The smallest absolute Gasteiger partial charge is 0.223 e. The van der Waals surface area contributed by atoms with Gasteiger partial charge in [-0.1, -0.05) is 25.7 Å². The maximum absolute atomic E-state index is 12.6. The molecule has 108 valence electrons. The van der Waals surface area contributed by atoms with Crippen molar-refractivity contribution in [3.63, 3.8) is 0 Å². The lowest BCUT2D eigenvalue weighted by molar-refractivity contribution is -0.136. The van der Waals surface area contributed by atoms with E-state index in [0.29, 0.717) is 29.3 Å². The molecular weight excluding hydrogens is 258 g/mol. The van der Waals surface area contributed by atoms with Crippen molar-refractivity contribution in [2.45, 2.75) is 88.1 Å². The molecule has 2 heterocycles. The van der Waals surface area contributed by atoms with Crippen LogP contribution in [0.25, 0.3) is 0 Å². The number of piperidine rings is 1. The summed E-state index contributed by atoms with van der Waals surface area (Å²) in [5.74, 6) is 1.09. The Labute approximate surface area is 121 Å². The molecule has 2 saturated heterocycles. The van der Waals surface area contributed by atoms with Crippen LogP contribution in [0, 0.1) is 5.92 Å². The van der Waals surface area contributed by atoms with Crippen LogP contribution >= 0.6 is 11.6 Å². The van der Waals surface area contributed by atoms with Crippen LogP contribution in [0.1, 0.15) is 70.6 Å². The summed E-state index contributed by atoms with van der Waals surface area (Å²) < 4.78 is 0. The Kier molecular flexibility index (Phi) is 4.36. The molecule has 0 aromatic heterocycles. The van der Waals surface area contributed by atoms with E-state index >= 15 is 0 Å². The van der Waals surface area contributed by atoms with Gasteiger partial charge in [-0.05, 0) is 44.4 Å². The van der Waals surface area contributed by atoms with Crippen molar-refractivity contribution in [3.8, 4) is 0 Å². The van der Waals surface area contributed by atoms with Gasteiger partial charge in [0.05, 0.1) is 0 Å². The minimum Gasteiger partial charge on any atom is -0.337 e. The number of alkyl halides is 1. The van der Waals surface area contributed by atoms with Crippen LogP contribution in [0.15, 0.2) is 0 Å². The van der Waals surface area contributed by atoms with Crippen LogP contribution in [0.5, 0.6) is 0 Å². The molecule has 0 aromatic rings. The van der Waals surface area contributed by atoms with Crippen LogP contribution in [0.3, 0.4) is 0 Å². The average Bonchev–Trinajstić information content (AvgIpc) is 2.58. The summed E-state index contributed by atoms with van der Waals surface area (Å²) in [5.41, 5.74) is 0. The molecular formula is C16H26ClNO. The Bertz CT molecular complexity index is 311. The number of fused-ring (bicyclic) bond motifs is 2. The summed E-state index contributed by atoms with van der Waals surface area (Å²) in [6.07, 6.45) is 13.2. The number of hydrogen-bond acceptors (Lipinski definition) is 1. The molecule has 0 spiro atoms. The summed E-state index contributed by atoms with van der Waals surface area (Å²) in [7, 11) is 0. The van der Waals surface area contributed by atoms with Gasteiger partial charge in [-0.2, -0.15) is 0 Å². The molecule has 2 unspecified atom stereocenters. The summed E-state index contributed by atoms with van der Waals surface area (Å²) in [6, 6.07) is 0.916. The Balaban J connectivity index is 1.58. The van der Waals surface area contributed by atoms with Gasteiger partial charge >= 0.3 is 0 Å². The fraction of sp³-hybridized carbons (Fsp3) is 0.938. The SMILES string of the molecule is O=C(CC1CCCCCC1)N1C2CCC1CC(Cl)C2. The van der Waals surface area contributed by atoms with Crippen LogP contribution in [-0.2, 0) is 4.79 Å². The molecule has 3 rings (SSSR count). The number of carbonyl (C=O) groups is 1. The van der Waals surface area contributed by atoms with Crippen LogP contribution in [0.4, 0.5) is 0 Å². The molecule has 3 heteroatoms. The molecule has 2 aliphatic heterocycles. The van der Waals surface area contributed by atoms with Crippen LogP contribution in [0.2, 0.25) is 0 Å². The zero-order valence-corrected chi connectivity index (χ0v) is 12.6. The lowest BCUT2D eigenvalue weighted by Crippen LogP contribution is -2.47. The Morgan fingerprint density at radius 2 is 1.53 bits per heavy atom. The highest BCUT2D eigenvalue weighted by Crippen LogP contribution is 2.39. The molecule has 0 aromatic carbocycles. The lowest BCUT2D eigenvalue weighted by atomic mass is 9.94. The monoisotopic (exact) mass is 283 g/mol. The number of nitrogens with zero attached hydrogens (tertiary/aromatic N) is 1. The van der Waals surface area contributed by atoms with Gasteiger partial charge in [0.1, 0.15) is 0 Å². The van der Waals surface area contributed by atoms with E-state index in [1.807, 2.05) is 0 Å². The first-order valence-electron chi connectivity index (χ1n) is 8.19. The second-order valence-electron chi connectivity index (χ2n) is 6.82. The number of rotatable bonds is 2. The standard InChI is InChI=1S/C16H26ClNO/c17-13-10-14-7-8-15(11-13)18(14)16(19)9-12-5-3-1-2-4-6-12/h12-15H,1-11H2. The normalized spacial score (nSPS) is 36.3. The average molecular weight is 284 g/mol. The maximum atomic E-state index is 12.6. The summed E-state index contributed by atoms with van der Waals surface area (Å²) in [6.45, 7) is 0. The fourth-order valence-electron chi connectivity index (χ4n) is 4.44. The molecule has 0 N–H and O–H groups in total. The third kappa shape index (κ3) is 3.09. The van der Waals surface area contributed by atoms with E-state index in [1.54, 1.807) is 0 Å². The van der Waals surface area contributed by atoms with Crippen molar-refractivity contribution in [2.24, 2.45) is 5.92 Å². The van der Waals surface area contributed by atoms with Gasteiger partial charge in [-0.15, -0.1) is 11.6 Å². The minimum absolute atomic E-state index is 0.305. The van der Waals surface area contributed by atoms with Crippen LogP contribution in [-0.4, -0.2) is 28.3 Å². The van der Waals surface area contributed by atoms with Crippen molar-refractivity contribution >= 4 is 17.5 Å². The molecule has 3 aliphatic rings. The van der Waals surface area contributed by atoms with E-state index in [2.05, 4.69) is 4.90 Å². The quantitative estimate of drug-likeness (QED) is 0.552. The molecule has 1 aliphatic carbocycles. The Morgan fingerprint density at radius 1 is 0.947 bits per heavy atom. The summed E-state index contributed by atoms with van der Waals surface area (Å²) >= 11 is 6.29. The van der Waals surface area contributed by atoms with Crippen molar-refractivity contribution in [1.82, 2.24) is 4.90 Å². The largest absolute Gasteiger partial charge is 0.337 e. The molecule has 2 bridgehead atoms. The zero-order valence-electron chi connectivity index (χ0n) is 11.8. The second kappa shape index (κ2) is 6.03. The Morgan fingerprint density at radius 3 is 2.11 bits per heavy atom. The predicted molar refractivity (Wildman–Crippen MR) is 78.3 cm³/mol. The van der Waals surface area contributed by atoms with Crippen molar-refractivity contribution < 1.29 is 4.79 Å². The fourth-order valence-corrected chi connectivity index (χ4v) is 4.85. The predicted octanol–water partition coefficient (Wildman–Crippen LogP) is 4.11. The van der Waals surface area contributed by atoms with Crippen molar-refractivity contribution in [3.05, 3.63) is 0 Å². The van der Waals surface area contributed by atoms with Gasteiger partial charge in [-0.3, -0.25) is 4.79 Å². The zero-order chi connectivity index (χ0) is 13.2. The van der Waals surface area contributed by atoms with Crippen LogP contribution < -0.4 is 0 Å². The van der Waals surface area contributed by atoms with E-state index in [0.717, 1.165) is 19.3 Å². The van der Waals surface area contributed by atoms with Gasteiger partial charge in [0.15, 0.2) is 0 Å². The molecule has 1 amide bonds. The number of hydrogen-bond donors (Lipinski definition) is 0. The highest BCUT2D eigenvalue weighted by molar-refractivity contribution is 6.20. The van der Waals surface area contributed by atoms with Gasteiger partial charge < -0.3 is 4.90 Å². The van der Waals surface area contributed by atoms with Gasteiger partial charge in [-0.25, -0.2) is 0 Å². The first-order valence-corrected chi connectivity index (χ1v) is 8.63. The number of halogens is 1. The van der Waals surface area contributed by atoms with Gasteiger partial charge in [0.2, 0.25) is 5.91 Å². The summed E-state index contributed by atoms with van der Waals surface area (Å²) in [5, 5.41) is 0.305. The molecule has 1 saturated carbocycles. The second-order valence-corrected chi connectivity index (χ2v) is 7.43. The number of carbonyl (C=O) groups excluding carboxylic acids is 1. The molecule has 3 fully saturated rings. The third-order valence-corrected chi connectivity index (χ3v) is 5.76. The maximum Gasteiger partial charge on any atom is 0.223 e. The first kappa shape index (κ1) is 13.7. The minimum atomic E-state index is 0.305. The van der Waals surface area contributed by atoms with E-state index in [9.17, 15) is 4.79 Å². The molecule has 0 radical (unpaired) electrons. The molecule has 2 atom stereocenters. The van der Waals surface area contributed by atoms with E-state index in [-0.39, 0.29) is 0 Å². The lowest BCUT2D eigenvalue weighted by Gasteiger charge is -2.37. The third-order valence-electron chi connectivity index (χ3n) is 5.40. The van der Waals surface area contributed by atoms with Crippen molar-refractivity contribution in [2.75, 3.05) is 0 Å². The first-order chi connectivity index (χ1) is 9.24. The topological polar surface area (TPSA) is 20.3 Å². The van der Waals surface area contributed by atoms with Gasteiger partial charge in [0, 0.05) is 23.9 Å². The highest BCUT2D eigenvalue weighted by Gasteiger charge is 2.42. The number of amides is 1. The van der Waals surface area contributed by atoms with E-state index in [4.69, 9.17) is 11.6 Å². The van der Waals surface area contributed by atoms with Crippen molar-refractivity contribution in [1.29, 1.82) is 0 Å². The molecule has 2 nitrogen and oxygen atoms in total. The Hall–Kier alpha value is -0.240. The van der Waals surface area contributed by atoms with E-state index in [1.165, 1.54) is 51.4 Å². The summed E-state index contributed by atoms with van der Waals surface area (Å²) in [4.78, 5) is 14.9. The van der Waals surface area contributed by atoms with E-state index < -0.39 is 0 Å².